The van der Waals surface area contributed by atoms with Gasteiger partial charge in [0, 0.05) is 52.6 Å². The fourth-order valence-electron chi connectivity index (χ4n) is 4.25. The zero-order valence-electron chi connectivity index (χ0n) is 16.5. The van der Waals surface area contributed by atoms with E-state index in [0.717, 1.165) is 57.6 Å². The van der Waals surface area contributed by atoms with Crippen molar-refractivity contribution in [2.24, 2.45) is 13.0 Å². The number of carbonyl (C=O) groups is 2. The van der Waals surface area contributed by atoms with Crippen LogP contribution in [0.25, 0.3) is 0 Å². The van der Waals surface area contributed by atoms with Gasteiger partial charge in [0.15, 0.2) is 0 Å². The molecule has 2 fully saturated rings. The van der Waals surface area contributed by atoms with Crippen LogP contribution in [0.2, 0.25) is 0 Å². The van der Waals surface area contributed by atoms with Crippen LogP contribution in [0.15, 0.2) is 18.3 Å². The van der Waals surface area contributed by atoms with Crippen LogP contribution in [0.1, 0.15) is 36.2 Å². The van der Waals surface area contributed by atoms with Crippen molar-refractivity contribution in [2.75, 3.05) is 46.4 Å². The Morgan fingerprint density at radius 2 is 2.00 bits per heavy atom. The van der Waals surface area contributed by atoms with E-state index in [4.69, 9.17) is 4.74 Å². The van der Waals surface area contributed by atoms with Gasteiger partial charge in [-0.05, 0) is 44.4 Å². The predicted octanol–water partition coefficient (Wildman–Crippen LogP) is 1.10. The van der Waals surface area contributed by atoms with Crippen LogP contribution in [0.4, 0.5) is 0 Å². The van der Waals surface area contributed by atoms with Crippen LogP contribution in [0, 0.1) is 5.92 Å². The Morgan fingerprint density at radius 3 is 2.67 bits per heavy atom. The van der Waals surface area contributed by atoms with Gasteiger partial charge in [0.25, 0.3) is 5.91 Å². The summed E-state index contributed by atoms with van der Waals surface area (Å²) >= 11 is 0. The minimum absolute atomic E-state index is 0.0682. The molecule has 3 rings (SSSR count). The highest BCUT2D eigenvalue weighted by atomic mass is 16.5. The van der Waals surface area contributed by atoms with E-state index in [-0.39, 0.29) is 17.7 Å². The second-order valence-electron chi connectivity index (χ2n) is 7.65. The van der Waals surface area contributed by atoms with E-state index in [2.05, 4.69) is 10.2 Å². The lowest BCUT2D eigenvalue weighted by Gasteiger charge is -2.42. The summed E-state index contributed by atoms with van der Waals surface area (Å²) in [4.78, 5) is 29.4. The molecule has 1 atom stereocenters. The van der Waals surface area contributed by atoms with Crippen molar-refractivity contribution in [3.05, 3.63) is 24.0 Å². The van der Waals surface area contributed by atoms with Crippen molar-refractivity contribution in [1.82, 2.24) is 19.7 Å². The number of hydrogen-bond donors (Lipinski definition) is 1. The summed E-state index contributed by atoms with van der Waals surface area (Å²) in [6.45, 7) is 4.58. The molecule has 0 unspecified atom stereocenters. The van der Waals surface area contributed by atoms with Gasteiger partial charge in [-0.1, -0.05) is 0 Å². The van der Waals surface area contributed by atoms with Gasteiger partial charge in [0.05, 0.1) is 12.5 Å². The zero-order valence-corrected chi connectivity index (χ0v) is 16.5. The van der Waals surface area contributed by atoms with Gasteiger partial charge >= 0.3 is 0 Å². The Labute approximate surface area is 161 Å². The van der Waals surface area contributed by atoms with E-state index >= 15 is 0 Å². The second kappa shape index (κ2) is 9.37. The van der Waals surface area contributed by atoms with Crippen molar-refractivity contribution in [3.8, 4) is 0 Å². The fourth-order valence-corrected chi connectivity index (χ4v) is 4.25. The maximum absolute atomic E-state index is 12.7. The number of ether oxygens (including phenoxy) is 1. The molecule has 0 aliphatic carbocycles. The molecular weight excluding hydrogens is 344 g/mol. The lowest BCUT2D eigenvalue weighted by molar-refractivity contribution is -0.127. The van der Waals surface area contributed by atoms with Gasteiger partial charge in [-0.3, -0.25) is 14.5 Å². The summed E-state index contributed by atoms with van der Waals surface area (Å²) in [5.74, 6) is 0.335. The maximum Gasteiger partial charge on any atom is 0.270 e. The maximum atomic E-state index is 12.7. The molecule has 0 radical (unpaired) electrons. The van der Waals surface area contributed by atoms with Gasteiger partial charge < -0.3 is 19.5 Å². The van der Waals surface area contributed by atoms with Gasteiger partial charge in [0.1, 0.15) is 5.69 Å². The van der Waals surface area contributed by atoms with Crippen LogP contribution in [-0.2, 0) is 16.6 Å². The summed E-state index contributed by atoms with van der Waals surface area (Å²) in [5, 5.41) is 2.97. The monoisotopic (exact) mass is 376 g/mol. The molecule has 27 heavy (non-hydrogen) atoms. The van der Waals surface area contributed by atoms with E-state index in [1.807, 2.05) is 34.8 Å². The normalized spacial score (nSPS) is 22.0. The van der Waals surface area contributed by atoms with E-state index in [1.54, 1.807) is 7.11 Å². The lowest BCUT2D eigenvalue weighted by Crippen LogP contribution is -2.51. The predicted molar refractivity (Wildman–Crippen MR) is 104 cm³/mol. The number of nitrogens with one attached hydrogen (secondary N) is 1. The highest BCUT2D eigenvalue weighted by molar-refractivity contribution is 5.92. The first-order chi connectivity index (χ1) is 13.1. The summed E-state index contributed by atoms with van der Waals surface area (Å²) in [6, 6.07) is 4.26. The topological polar surface area (TPSA) is 66.8 Å². The van der Waals surface area contributed by atoms with Gasteiger partial charge in [-0.25, -0.2) is 0 Å². The summed E-state index contributed by atoms with van der Waals surface area (Å²) in [7, 11) is 3.55. The first-order valence-corrected chi connectivity index (χ1v) is 10.0. The third-order valence-corrected chi connectivity index (χ3v) is 5.86. The van der Waals surface area contributed by atoms with Crippen molar-refractivity contribution in [1.29, 1.82) is 0 Å². The molecule has 3 heterocycles. The lowest BCUT2D eigenvalue weighted by atomic mass is 9.93. The number of likely N-dealkylation sites (tertiary alicyclic amines) is 2. The Kier molecular flexibility index (Phi) is 6.90. The molecule has 150 valence electrons. The molecule has 1 N–H and O–H groups in total. The number of hydrogen-bond acceptors (Lipinski definition) is 4. The molecule has 2 saturated heterocycles. The highest BCUT2D eigenvalue weighted by Crippen LogP contribution is 2.24. The van der Waals surface area contributed by atoms with Gasteiger partial charge in [-0.15, -0.1) is 0 Å². The minimum Gasteiger partial charge on any atom is -0.383 e. The summed E-state index contributed by atoms with van der Waals surface area (Å²) < 4.78 is 6.88. The van der Waals surface area contributed by atoms with E-state index in [0.29, 0.717) is 19.2 Å². The van der Waals surface area contributed by atoms with Crippen molar-refractivity contribution >= 4 is 11.8 Å². The van der Waals surface area contributed by atoms with E-state index in [9.17, 15) is 9.59 Å². The Hall–Kier alpha value is -1.86. The Balaban J connectivity index is 1.48. The molecule has 2 aliphatic rings. The van der Waals surface area contributed by atoms with Crippen molar-refractivity contribution < 1.29 is 14.3 Å². The van der Waals surface area contributed by atoms with Gasteiger partial charge in [0.2, 0.25) is 5.91 Å². The van der Waals surface area contributed by atoms with Crippen LogP contribution < -0.4 is 5.32 Å². The Morgan fingerprint density at radius 1 is 1.22 bits per heavy atom. The molecule has 2 aliphatic heterocycles. The molecule has 2 amide bonds. The molecule has 0 saturated carbocycles. The zero-order chi connectivity index (χ0) is 19.2. The molecular formula is C20H32N4O3. The average molecular weight is 377 g/mol. The number of methoxy groups -OCH3 is 1. The number of carbonyl (C=O) groups excluding carboxylic acids is 2. The fraction of sp³-hybridized carbons (Fsp3) is 0.700. The van der Waals surface area contributed by atoms with Crippen molar-refractivity contribution in [3.63, 3.8) is 0 Å². The number of aryl methyl sites for hydroxylation is 1. The van der Waals surface area contributed by atoms with Crippen LogP contribution in [-0.4, -0.2) is 78.7 Å². The Bertz CT molecular complexity index is 637. The standard InChI is InChI=1S/C20H32N4O3/c1-22-10-4-6-18(22)20(26)23-12-7-17(8-13-23)24-11-3-5-16(15-24)19(25)21-9-14-27-2/h4,6,10,16-17H,3,5,7-9,11-15H2,1-2H3,(H,21,25)/t16-/m0/s1. The largest absolute Gasteiger partial charge is 0.383 e. The molecule has 7 nitrogen and oxygen atoms in total. The quantitative estimate of drug-likeness (QED) is 0.755. The third kappa shape index (κ3) is 4.90. The third-order valence-electron chi connectivity index (χ3n) is 5.86. The van der Waals surface area contributed by atoms with Gasteiger partial charge in [-0.2, -0.15) is 0 Å². The molecule has 1 aromatic heterocycles. The second-order valence-corrected chi connectivity index (χ2v) is 7.65. The van der Waals surface area contributed by atoms with Crippen molar-refractivity contribution in [2.45, 2.75) is 31.7 Å². The van der Waals surface area contributed by atoms with Crippen LogP contribution in [0.5, 0.6) is 0 Å². The SMILES string of the molecule is COCCNC(=O)[C@H]1CCCN(C2CCN(C(=O)c3cccn3C)CC2)C1. The van der Waals surface area contributed by atoms with E-state index < -0.39 is 0 Å². The number of nitrogens with zero attached hydrogens (tertiary/aromatic N) is 3. The average Bonchev–Trinajstić information content (AvgIpc) is 3.13. The van der Waals surface area contributed by atoms with Crippen LogP contribution >= 0.6 is 0 Å². The number of aromatic nitrogens is 1. The highest BCUT2D eigenvalue weighted by Gasteiger charge is 2.32. The summed E-state index contributed by atoms with van der Waals surface area (Å²) in [5.41, 5.74) is 0.749. The molecule has 7 heteroatoms. The molecule has 1 aromatic rings. The number of rotatable bonds is 6. The molecule has 0 aromatic carbocycles. The molecule has 0 spiro atoms. The van der Waals surface area contributed by atoms with E-state index in [1.165, 1.54) is 0 Å². The first-order valence-electron chi connectivity index (χ1n) is 10.0. The number of amides is 2. The smallest absolute Gasteiger partial charge is 0.270 e. The number of piperidine rings is 2. The van der Waals surface area contributed by atoms with Crippen LogP contribution in [0.3, 0.4) is 0 Å². The molecule has 0 bridgehead atoms. The first kappa shape index (κ1) is 19.9. The summed E-state index contributed by atoms with van der Waals surface area (Å²) in [6.07, 6.45) is 5.89. The minimum atomic E-state index is 0.0682.